The summed E-state index contributed by atoms with van der Waals surface area (Å²) in [5.74, 6) is -3.90. The summed E-state index contributed by atoms with van der Waals surface area (Å²) in [5, 5.41) is 11.3. The van der Waals surface area contributed by atoms with Crippen molar-refractivity contribution in [1.29, 1.82) is 0 Å². The summed E-state index contributed by atoms with van der Waals surface area (Å²) in [6, 6.07) is 1.48. The van der Waals surface area contributed by atoms with Crippen LogP contribution in [0.3, 0.4) is 0 Å². The maximum Gasteiger partial charge on any atom is 0.337 e. The van der Waals surface area contributed by atoms with Gasteiger partial charge in [-0.15, -0.1) is 0 Å². The molecule has 1 atom stereocenters. The minimum absolute atomic E-state index is 0.0634. The molecule has 1 aromatic rings. The second-order valence-corrected chi connectivity index (χ2v) is 5.70. The summed E-state index contributed by atoms with van der Waals surface area (Å²) in [5.41, 5.74) is 0.511. The number of urea groups is 1. The molecular formula is C17H18F2N2O5. The number of carbonyl (C=O) groups is 3. The van der Waals surface area contributed by atoms with Crippen molar-refractivity contribution in [3.8, 4) is 0 Å². The molecule has 0 saturated carbocycles. The predicted octanol–water partition coefficient (Wildman–Crippen LogP) is 2.34. The number of allylic oxidation sites excluding steroid dienone is 1. The minimum Gasteiger partial charge on any atom is -0.481 e. The maximum atomic E-state index is 13.6. The van der Waals surface area contributed by atoms with Gasteiger partial charge in [0.2, 0.25) is 0 Å². The fraction of sp³-hybridized carbons (Fsp3) is 0.353. The van der Waals surface area contributed by atoms with Crippen molar-refractivity contribution in [1.82, 2.24) is 10.2 Å². The smallest absolute Gasteiger partial charge is 0.337 e. The molecule has 0 bridgehead atoms. The van der Waals surface area contributed by atoms with Crippen LogP contribution in [0.15, 0.2) is 29.5 Å². The van der Waals surface area contributed by atoms with Crippen LogP contribution in [0.1, 0.15) is 31.4 Å². The SMILES string of the molecule is COC(=O)C1=C(C)N(CCCC(=O)O)C(=O)N[C@@H]1c1ccc(F)c(F)c1. The van der Waals surface area contributed by atoms with Gasteiger partial charge in [-0.05, 0) is 31.0 Å². The first-order chi connectivity index (χ1) is 12.3. The predicted molar refractivity (Wildman–Crippen MR) is 85.9 cm³/mol. The molecule has 9 heteroatoms. The zero-order valence-corrected chi connectivity index (χ0v) is 14.2. The van der Waals surface area contributed by atoms with Gasteiger partial charge < -0.3 is 15.2 Å². The van der Waals surface area contributed by atoms with Crippen LogP contribution in [-0.2, 0) is 14.3 Å². The molecule has 0 saturated heterocycles. The van der Waals surface area contributed by atoms with E-state index in [1.54, 1.807) is 0 Å². The number of methoxy groups -OCH3 is 1. The molecular weight excluding hydrogens is 350 g/mol. The van der Waals surface area contributed by atoms with E-state index in [4.69, 9.17) is 9.84 Å². The van der Waals surface area contributed by atoms with Crippen molar-refractivity contribution < 1.29 is 33.0 Å². The number of nitrogens with zero attached hydrogens (tertiary/aromatic N) is 1. The number of nitrogens with one attached hydrogen (secondary N) is 1. The summed E-state index contributed by atoms with van der Waals surface area (Å²) >= 11 is 0. The topological polar surface area (TPSA) is 95.9 Å². The summed E-state index contributed by atoms with van der Waals surface area (Å²) in [6.07, 6.45) is 0.0433. The van der Waals surface area contributed by atoms with Crippen molar-refractivity contribution in [3.63, 3.8) is 0 Å². The lowest BCUT2D eigenvalue weighted by molar-refractivity contribution is -0.138. The highest BCUT2D eigenvalue weighted by molar-refractivity contribution is 5.95. The van der Waals surface area contributed by atoms with E-state index in [0.717, 1.165) is 19.2 Å². The number of hydrogen-bond donors (Lipinski definition) is 2. The first-order valence-electron chi connectivity index (χ1n) is 7.80. The Labute approximate surface area is 148 Å². The van der Waals surface area contributed by atoms with Gasteiger partial charge in [-0.3, -0.25) is 9.69 Å². The van der Waals surface area contributed by atoms with E-state index >= 15 is 0 Å². The number of rotatable bonds is 6. The zero-order chi connectivity index (χ0) is 19.4. The number of aliphatic carboxylic acids is 1. The molecule has 2 N–H and O–H groups in total. The number of ether oxygens (including phenoxy) is 1. The average Bonchev–Trinajstić information content (AvgIpc) is 2.58. The number of esters is 1. The molecule has 1 aliphatic heterocycles. The highest BCUT2D eigenvalue weighted by atomic mass is 19.2. The average molecular weight is 368 g/mol. The van der Waals surface area contributed by atoms with Crippen molar-refractivity contribution in [3.05, 3.63) is 46.7 Å². The van der Waals surface area contributed by atoms with Crippen LogP contribution in [0.4, 0.5) is 13.6 Å². The normalized spacial score (nSPS) is 17.2. The third-order valence-corrected chi connectivity index (χ3v) is 4.05. The Kier molecular flexibility index (Phi) is 5.91. The number of carboxylic acid groups (broad SMARTS) is 1. The van der Waals surface area contributed by atoms with Crippen LogP contribution in [0.2, 0.25) is 0 Å². The largest absolute Gasteiger partial charge is 0.481 e. The summed E-state index contributed by atoms with van der Waals surface area (Å²) in [4.78, 5) is 36.5. The van der Waals surface area contributed by atoms with Crippen LogP contribution in [0.25, 0.3) is 0 Å². The first kappa shape index (κ1) is 19.4. The molecule has 2 amide bonds. The van der Waals surface area contributed by atoms with Crippen LogP contribution in [-0.4, -0.2) is 41.6 Å². The monoisotopic (exact) mass is 368 g/mol. The first-order valence-corrected chi connectivity index (χ1v) is 7.80. The van der Waals surface area contributed by atoms with E-state index in [9.17, 15) is 23.2 Å². The standard InChI is InChI=1S/C17H18F2N2O5/c1-9-14(16(24)26-2)15(10-5-6-11(18)12(19)8-10)20-17(25)21(9)7-3-4-13(22)23/h5-6,8,15H,3-4,7H2,1-2H3,(H,20,25)(H,22,23)/t15-/m1/s1. The Bertz CT molecular complexity index is 778. The Morgan fingerprint density at radius 1 is 1.31 bits per heavy atom. The van der Waals surface area contributed by atoms with Crippen molar-refractivity contribution in [2.75, 3.05) is 13.7 Å². The van der Waals surface area contributed by atoms with E-state index in [1.165, 1.54) is 17.9 Å². The van der Waals surface area contributed by atoms with Crippen molar-refractivity contribution in [2.24, 2.45) is 0 Å². The van der Waals surface area contributed by atoms with Gasteiger partial charge in [0.25, 0.3) is 0 Å². The molecule has 0 radical (unpaired) electrons. The van der Waals surface area contributed by atoms with Crippen LogP contribution in [0, 0.1) is 11.6 Å². The molecule has 0 aromatic heterocycles. The summed E-state index contributed by atoms with van der Waals surface area (Å²) in [7, 11) is 1.16. The third kappa shape index (κ3) is 3.98. The number of hydrogen-bond acceptors (Lipinski definition) is 4. The van der Waals surface area contributed by atoms with Gasteiger partial charge in [-0.2, -0.15) is 0 Å². The Morgan fingerprint density at radius 3 is 2.58 bits per heavy atom. The fourth-order valence-electron chi connectivity index (χ4n) is 2.76. The lowest BCUT2D eigenvalue weighted by Crippen LogP contribution is -2.48. The lowest BCUT2D eigenvalue weighted by Gasteiger charge is -2.35. The van der Waals surface area contributed by atoms with Gasteiger partial charge in [0, 0.05) is 18.7 Å². The number of carboxylic acids is 1. The molecule has 1 heterocycles. The second kappa shape index (κ2) is 7.94. The van der Waals surface area contributed by atoms with Gasteiger partial charge in [-0.1, -0.05) is 6.07 Å². The Morgan fingerprint density at radius 2 is 2.00 bits per heavy atom. The Hall–Kier alpha value is -2.97. The fourth-order valence-corrected chi connectivity index (χ4v) is 2.76. The number of carbonyl (C=O) groups excluding carboxylic acids is 2. The van der Waals surface area contributed by atoms with E-state index in [2.05, 4.69) is 5.32 Å². The van der Waals surface area contributed by atoms with Gasteiger partial charge >= 0.3 is 18.0 Å². The number of benzene rings is 1. The van der Waals surface area contributed by atoms with E-state index in [1.807, 2.05) is 0 Å². The molecule has 140 valence electrons. The molecule has 1 aromatic carbocycles. The van der Waals surface area contributed by atoms with Gasteiger partial charge in [0.15, 0.2) is 11.6 Å². The van der Waals surface area contributed by atoms with Crippen LogP contribution < -0.4 is 5.32 Å². The van der Waals surface area contributed by atoms with Crippen LogP contribution in [0.5, 0.6) is 0 Å². The minimum atomic E-state index is -1.11. The van der Waals surface area contributed by atoms with E-state index < -0.39 is 35.6 Å². The number of halogens is 2. The molecule has 0 spiro atoms. The van der Waals surface area contributed by atoms with E-state index in [0.29, 0.717) is 0 Å². The summed E-state index contributed by atoms with van der Waals surface area (Å²) < 4.78 is 31.5. The van der Waals surface area contributed by atoms with Crippen molar-refractivity contribution in [2.45, 2.75) is 25.8 Å². The number of amides is 2. The molecule has 0 fully saturated rings. The quantitative estimate of drug-likeness (QED) is 0.752. The Balaban J connectivity index is 2.41. The van der Waals surface area contributed by atoms with E-state index in [-0.39, 0.29) is 36.2 Å². The zero-order valence-electron chi connectivity index (χ0n) is 14.2. The molecule has 2 rings (SSSR count). The molecule has 0 unspecified atom stereocenters. The van der Waals surface area contributed by atoms with Crippen LogP contribution >= 0.6 is 0 Å². The van der Waals surface area contributed by atoms with Gasteiger partial charge in [-0.25, -0.2) is 18.4 Å². The molecule has 7 nitrogen and oxygen atoms in total. The van der Waals surface area contributed by atoms with Gasteiger partial charge in [0.1, 0.15) is 0 Å². The second-order valence-electron chi connectivity index (χ2n) is 5.70. The highest BCUT2D eigenvalue weighted by Gasteiger charge is 2.36. The van der Waals surface area contributed by atoms with Crippen molar-refractivity contribution >= 4 is 18.0 Å². The molecule has 26 heavy (non-hydrogen) atoms. The summed E-state index contributed by atoms with van der Waals surface area (Å²) in [6.45, 7) is 1.59. The lowest BCUT2D eigenvalue weighted by atomic mass is 9.94. The third-order valence-electron chi connectivity index (χ3n) is 4.05. The molecule has 1 aliphatic rings. The maximum absolute atomic E-state index is 13.6. The molecule has 0 aliphatic carbocycles. The van der Waals surface area contributed by atoms with Gasteiger partial charge in [0.05, 0.1) is 18.7 Å². The highest BCUT2D eigenvalue weighted by Crippen LogP contribution is 2.32.